The van der Waals surface area contributed by atoms with Gasteiger partial charge < -0.3 is 9.88 Å². The van der Waals surface area contributed by atoms with E-state index in [1.165, 1.54) is 6.42 Å². The molecule has 6 nitrogen and oxygen atoms in total. The molecular formula is C19H25Cl2N5O. The molecule has 146 valence electrons. The van der Waals surface area contributed by atoms with Crippen molar-refractivity contribution in [2.24, 2.45) is 0 Å². The molecule has 0 saturated heterocycles. The van der Waals surface area contributed by atoms with Gasteiger partial charge in [-0.3, -0.25) is 4.90 Å². The van der Waals surface area contributed by atoms with Crippen molar-refractivity contribution >= 4 is 34.9 Å². The first kappa shape index (κ1) is 20.0. The van der Waals surface area contributed by atoms with Crippen LogP contribution in [0.2, 0.25) is 10.0 Å². The molecule has 0 fully saturated rings. The maximum absolute atomic E-state index is 12.9. The lowest BCUT2D eigenvalue weighted by molar-refractivity contribution is 0.245. The third kappa shape index (κ3) is 4.93. The number of hydrogen-bond donors (Lipinski definition) is 1. The van der Waals surface area contributed by atoms with Gasteiger partial charge in [0.2, 0.25) is 0 Å². The first-order valence-corrected chi connectivity index (χ1v) is 10.3. The van der Waals surface area contributed by atoms with Crippen LogP contribution in [-0.2, 0) is 19.5 Å². The highest BCUT2D eigenvalue weighted by atomic mass is 35.5. The number of amides is 2. The number of carbonyl (C=O) groups excluding carboxylic acids is 1. The quantitative estimate of drug-likeness (QED) is 0.694. The highest BCUT2D eigenvalue weighted by molar-refractivity contribution is 6.35. The molecule has 1 aliphatic heterocycles. The zero-order chi connectivity index (χ0) is 19.2. The Kier molecular flexibility index (Phi) is 6.96. The van der Waals surface area contributed by atoms with Crippen molar-refractivity contribution in [3.63, 3.8) is 0 Å². The number of anilines is 1. The second kappa shape index (κ2) is 9.42. The summed E-state index contributed by atoms with van der Waals surface area (Å²) in [5.74, 6) is 1.76. The lowest BCUT2D eigenvalue weighted by Gasteiger charge is -2.24. The number of nitrogens with zero attached hydrogens (tertiary/aromatic N) is 4. The minimum absolute atomic E-state index is 0.210. The lowest BCUT2D eigenvalue weighted by Crippen LogP contribution is -2.41. The van der Waals surface area contributed by atoms with Gasteiger partial charge in [0.15, 0.2) is 5.82 Å². The summed E-state index contributed by atoms with van der Waals surface area (Å²) >= 11 is 12.5. The van der Waals surface area contributed by atoms with Crippen LogP contribution in [0.25, 0.3) is 0 Å². The summed E-state index contributed by atoms with van der Waals surface area (Å²) < 4.78 is 2.14. The van der Waals surface area contributed by atoms with Gasteiger partial charge in [0.1, 0.15) is 5.82 Å². The van der Waals surface area contributed by atoms with E-state index in [1.54, 1.807) is 23.1 Å². The van der Waals surface area contributed by atoms with Gasteiger partial charge in [-0.15, -0.1) is 10.2 Å². The van der Waals surface area contributed by atoms with Crippen LogP contribution in [0, 0.1) is 0 Å². The zero-order valence-electron chi connectivity index (χ0n) is 15.5. The fraction of sp³-hybridized carbons (Fsp3) is 0.526. The number of carbonyl (C=O) groups is 1. The van der Waals surface area contributed by atoms with E-state index in [-0.39, 0.29) is 6.03 Å². The minimum Gasteiger partial charge on any atom is -0.338 e. The van der Waals surface area contributed by atoms with Gasteiger partial charge in [-0.1, -0.05) is 43.0 Å². The summed E-state index contributed by atoms with van der Waals surface area (Å²) in [7, 11) is 0. The maximum atomic E-state index is 12.9. The summed E-state index contributed by atoms with van der Waals surface area (Å²) in [4.78, 5) is 14.5. The van der Waals surface area contributed by atoms with E-state index < -0.39 is 0 Å². The van der Waals surface area contributed by atoms with E-state index in [0.717, 1.165) is 50.3 Å². The maximum Gasteiger partial charge on any atom is 0.322 e. The predicted molar refractivity (Wildman–Crippen MR) is 109 cm³/mol. The second-order valence-electron chi connectivity index (χ2n) is 6.76. The van der Waals surface area contributed by atoms with Crippen molar-refractivity contribution in [1.29, 1.82) is 0 Å². The monoisotopic (exact) mass is 409 g/mol. The van der Waals surface area contributed by atoms with Gasteiger partial charge in [-0.05, 0) is 37.5 Å². The van der Waals surface area contributed by atoms with E-state index in [9.17, 15) is 4.79 Å². The smallest absolute Gasteiger partial charge is 0.322 e. The molecule has 3 rings (SSSR count). The van der Waals surface area contributed by atoms with Crippen molar-refractivity contribution in [2.75, 3.05) is 11.4 Å². The Morgan fingerprint density at radius 1 is 1.26 bits per heavy atom. The van der Waals surface area contributed by atoms with E-state index in [4.69, 9.17) is 23.2 Å². The highest BCUT2D eigenvalue weighted by Crippen LogP contribution is 2.30. The molecule has 1 aliphatic rings. The Balaban J connectivity index is 1.89. The predicted octanol–water partition coefficient (Wildman–Crippen LogP) is 4.83. The summed E-state index contributed by atoms with van der Waals surface area (Å²) in [5.41, 5.74) is 0.573. The van der Waals surface area contributed by atoms with Crippen LogP contribution in [0.5, 0.6) is 0 Å². The molecule has 1 N–H and O–H groups in total. The number of hydrogen-bond acceptors (Lipinski definition) is 3. The first-order valence-electron chi connectivity index (χ1n) is 9.51. The molecule has 2 heterocycles. The molecule has 0 spiro atoms. The Hall–Kier alpha value is -1.79. The zero-order valence-corrected chi connectivity index (χ0v) is 17.1. The van der Waals surface area contributed by atoms with Crippen LogP contribution < -0.4 is 10.2 Å². The lowest BCUT2D eigenvalue weighted by atomic mass is 10.2. The molecule has 8 heteroatoms. The molecule has 0 bridgehead atoms. The number of fused-ring (bicyclic) bond motifs is 1. The first-order chi connectivity index (χ1) is 13.1. The van der Waals surface area contributed by atoms with E-state index in [2.05, 4.69) is 27.0 Å². The summed E-state index contributed by atoms with van der Waals surface area (Å²) in [6.45, 7) is 3.88. The number of urea groups is 1. The van der Waals surface area contributed by atoms with Gasteiger partial charge >= 0.3 is 6.03 Å². The second-order valence-corrected chi connectivity index (χ2v) is 7.61. The summed E-state index contributed by atoms with van der Waals surface area (Å²) in [6, 6.07) is 4.92. The van der Waals surface area contributed by atoms with E-state index in [1.807, 2.05) is 0 Å². The van der Waals surface area contributed by atoms with Crippen LogP contribution in [-0.4, -0.2) is 27.3 Å². The molecule has 0 aliphatic carbocycles. The van der Waals surface area contributed by atoms with Crippen molar-refractivity contribution in [1.82, 2.24) is 20.1 Å². The molecule has 27 heavy (non-hydrogen) atoms. The fourth-order valence-electron chi connectivity index (χ4n) is 3.23. The minimum atomic E-state index is -0.210. The molecule has 2 amide bonds. The number of rotatable bonds is 6. The molecule has 1 aromatic heterocycles. The molecule has 0 saturated carbocycles. The Bertz CT molecular complexity index is 792. The molecule has 0 atom stereocenters. The van der Waals surface area contributed by atoms with Crippen LogP contribution in [0.15, 0.2) is 18.2 Å². The molecule has 0 unspecified atom stereocenters. The fourth-order valence-corrected chi connectivity index (χ4v) is 3.62. The van der Waals surface area contributed by atoms with E-state index >= 15 is 0 Å². The molecular weight excluding hydrogens is 385 g/mol. The van der Waals surface area contributed by atoms with Crippen molar-refractivity contribution in [2.45, 2.75) is 58.5 Å². The average Bonchev–Trinajstić information content (AvgIpc) is 2.87. The normalized spacial score (nSPS) is 13.7. The third-order valence-corrected chi connectivity index (χ3v) is 5.29. The van der Waals surface area contributed by atoms with Crippen molar-refractivity contribution in [3.8, 4) is 0 Å². The largest absolute Gasteiger partial charge is 0.338 e. The summed E-state index contributed by atoms with van der Waals surface area (Å²) in [6.07, 6.45) is 6.26. The SMILES string of the molecule is CCCCNC(=O)N(Cc1nnc2n1CCCCC2)c1cc(Cl)ccc1Cl. The van der Waals surface area contributed by atoms with Gasteiger partial charge in [-0.25, -0.2) is 4.79 Å². The third-order valence-electron chi connectivity index (χ3n) is 4.74. The number of aryl methyl sites for hydroxylation is 1. The van der Waals surface area contributed by atoms with Crippen LogP contribution >= 0.6 is 23.2 Å². The Morgan fingerprint density at radius 2 is 2.11 bits per heavy atom. The number of unbranched alkanes of at least 4 members (excludes halogenated alkanes) is 1. The number of aromatic nitrogens is 3. The van der Waals surface area contributed by atoms with Crippen LogP contribution in [0.1, 0.15) is 50.7 Å². The Labute approximate surface area is 169 Å². The van der Waals surface area contributed by atoms with Crippen LogP contribution in [0.4, 0.5) is 10.5 Å². The van der Waals surface area contributed by atoms with E-state index in [0.29, 0.717) is 28.8 Å². The topological polar surface area (TPSA) is 63.1 Å². The van der Waals surface area contributed by atoms with Gasteiger partial charge in [-0.2, -0.15) is 0 Å². The molecule has 1 aromatic carbocycles. The van der Waals surface area contributed by atoms with Gasteiger partial charge in [0.25, 0.3) is 0 Å². The average molecular weight is 410 g/mol. The number of halogens is 2. The highest BCUT2D eigenvalue weighted by Gasteiger charge is 2.23. The van der Waals surface area contributed by atoms with Gasteiger partial charge in [0.05, 0.1) is 17.3 Å². The number of nitrogens with one attached hydrogen (secondary N) is 1. The summed E-state index contributed by atoms with van der Waals surface area (Å²) in [5, 5.41) is 12.6. The number of benzene rings is 1. The molecule has 2 aromatic rings. The standard InChI is InChI=1S/C19H25Cl2N5O/c1-2-3-10-22-19(27)26(16-12-14(20)8-9-15(16)21)13-18-24-23-17-7-5-4-6-11-25(17)18/h8-9,12H,2-7,10-11,13H2,1H3,(H,22,27). The van der Waals surface area contributed by atoms with Crippen molar-refractivity contribution < 1.29 is 4.79 Å². The van der Waals surface area contributed by atoms with Gasteiger partial charge in [0, 0.05) is 24.5 Å². The van der Waals surface area contributed by atoms with Crippen molar-refractivity contribution in [3.05, 3.63) is 39.9 Å². The molecule has 0 radical (unpaired) electrons. The Morgan fingerprint density at radius 3 is 2.93 bits per heavy atom. The van der Waals surface area contributed by atoms with Crippen LogP contribution in [0.3, 0.4) is 0 Å².